The van der Waals surface area contributed by atoms with Crippen LogP contribution in [0.2, 0.25) is 0 Å². The van der Waals surface area contributed by atoms with Gasteiger partial charge in [-0.3, -0.25) is 5.41 Å². The molecule has 0 amide bonds. The lowest BCUT2D eigenvalue weighted by atomic mass is 10.3. The fourth-order valence-electron chi connectivity index (χ4n) is 1.70. The molecule has 0 fully saturated rings. The van der Waals surface area contributed by atoms with Crippen LogP contribution in [0.15, 0.2) is 12.7 Å². The van der Waals surface area contributed by atoms with Gasteiger partial charge < -0.3 is 9.47 Å². The molecule has 0 bridgehead atoms. The Morgan fingerprint density at radius 3 is 2.65 bits per heavy atom. The van der Waals surface area contributed by atoms with Crippen molar-refractivity contribution in [3.05, 3.63) is 24.3 Å². The molecule has 0 aliphatic carbocycles. The number of aromatic nitrogens is 3. The molecule has 17 heavy (non-hydrogen) atoms. The van der Waals surface area contributed by atoms with Gasteiger partial charge in [0.25, 0.3) is 0 Å². The van der Waals surface area contributed by atoms with E-state index in [1.165, 1.54) is 6.08 Å². The van der Waals surface area contributed by atoms with Crippen molar-refractivity contribution < 1.29 is 13.2 Å². The number of rotatable bonds is 1. The first-order chi connectivity index (χ1) is 7.93. The first-order valence-electron chi connectivity index (χ1n) is 4.88. The lowest BCUT2D eigenvalue weighted by Gasteiger charge is -2.28. The van der Waals surface area contributed by atoms with Gasteiger partial charge >= 0.3 is 6.18 Å². The van der Waals surface area contributed by atoms with E-state index in [4.69, 9.17) is 5.41 Å². The molecule has 92 valence electrons. The number of amidine groups is 1. The van der Waals surface area contributed by atoms with Crippen LogP contribution in [0.3, 0.4) is 0 Å². The maximum Gasteiger partial charge on any atom is 0.451 e. The number of halogens is 3. The SMILES string of the molecule is C=CC(=N)N1CCn2c(nnc2C(F)(F)F)C1. The first-order valence-corrected chi connectivity index (χ1v) is 4.88. The Balaban J connectivity index is 2.27. The highest BCUT2D eigenvalue weighted by molar-refractivity contribution is 5.89. The van der Waals surface area contributed by atoms with Crippen molar-refractivity contribution in [1.29, 1.82) is 5.41 Å². The van der Waals surface area contributed by atoms with Crippen LogP contribution >= 0.6 is 0 Å². The minimum atomic E-state index is -4.49. The molecule has 1 aromatic heterocycles. The monoisotopic (exact) mass is 245 g/mol. The first kappa shape index (κ1) is 11.6. The molecule has 5 nitrogen and oxygen atoms in total. The zero-order chi connectivity index (χ0) is 12.6. The van der Waals surface area contributed by atoms with E-state index in [9.17, 15) is 13.2 Å². The number of nitrogens with one attached hydrogen (secondary N) is 1. The van der Waals surface area contributed by atoms with Gasteiger partial charge in [-0.15, -0.1) is 10.2 Å². The van der Waals surface area contributed by atoms with Crippen LogP contribution < -0.4 is 0 Å². The quantitative estimate of drug-likeness (QED) is 0.599. The largest absolute Gasteiger partial charge is 0.451 e. The molecular formula is C9H10F3N5. The van der Waals surface area contributed by atoms with E-state index in [1.54, 1.807) is 4.90 Å². The maximum absolute atomic E-state index is 12.5. The van der Waals surface area contributed by atoms with Crippen LogP contribution in [-0.4, -0.2) is 32.0 Å². The summed E-state index contributed by atoms with van der Waals surface area (Å²) in [7, 11) is 0. The van der Waals surface area contributed by atoms with Crippen LogP contribution in [0, 0.1) is 5.41 Å². The molecular weight excluding hydrogens is 235 g/mol. The van der Waals surface area contributed by atoms with Gasteiger partial charge in [-0.05, 0) is 6.08 Å². The standard InChI is InChI=1S/C9H10F3N5/c1-2-6(13)16-3-4-17-7(5-16)14-15-8(17)9(10,11)12/h2,13H,1,3-5H2. The van der Waals surface area contributed by atoms with Crippen LogP contribution in [0.1, 0.15) is 11.6 Å². The van der Waals surface area contributed by atoms with Crippen LogP contribution in [0.25, 0.3) is 0 Å². The van der Waals surface area contributed by atoms with E-state index in [-0.39, 0.29) is 24.7 Å². The predicted molar refractivity (Wildman–Crippen MR) is 53.4 cm³/mol. The Morgan fingerprint density at radius 1 is 1.35 bits per heavy atom. The highest BCUT2D eigenvalue weighted by Crippen LogP contribution is 2.29. The average molecular weight is 245 g/mol. The molecule has 0 aromatic carbocycles. The van der Waals surface area contributed by atoms with Crippen LogP contribution in [-0.2, 0) is 19.3 Å². The van der Waals surface area contributed by atoms with E-state index in [0.29, 0.717) is 6.54 Å². The molecule has 1 aliphatic heterocycles. The summed E-state index contributed by atoms with van der Waals surface area (Å²) in [6.45, 7) is 4.03. The van der Waals surface area contributed by atoms with E-state index in [1.807, 2.05) is 0 Å². The highest BCUT2D eigenvalue weighted by atomic mass is 19.4. The van der Waals surface area contributed by atoms with Gasteiger partial charge in [-0.1, -0.05) is 6.58 Å². The normalized spacial score (nSPS) is 15.6. The van der Waals surface area contributed by atoms with Gasteiger partial charge in [0.1, 0.15) is 5.84 Å². The highest BCUT2D eigenvalue weighted by Gasteiger charge is 2.39. The van der Waals surface area contributed by atoms with E-state index in [2.05, 4.69) is 16.8 Å². The fourth-order valence-corrected chi connectivity index (χ4v) is 1.70. The lowest BCUT2D eigenvalue weighted by Crippen LogP contribution is -2.38. The second-order valence-corrected chi connectivity index (χ2v) is 3.60. The molecule has 0 saturated heterocycles. The van der Waals surface area contributed by atoms with Crippen molar-refractivity contribution in [2.24, 2.45) is 0 Å². The molecule has 0 saturated carbocycles. The van der Waals surface area contributed by atoms with Crippen molar-refractivity contribution >= 4 is 5.84 Å². The third kappa shape index (κ3) is 2.02. The van der Waals surface area contributed by atoms with Gasteiger partial charge in [-0.2, -0.15) is 13.2 Å². The molecule has 8 heteroatoms. The number of nitrogens with zero attached hydrogens (tertiary/aromatic N) is 4. The van der Waals surface area contributed by atoms with Gasteiger partial charge in [0.05, 0.1) is 6.54 Å². The van der Waals surface area contributed by atoms with E-state index >= 15 is 0 Å². The number of fused-ring (bicyclic) bond motifs is 1. The van der Waals surface area contributed by atoms with Gasteiger partial charge in [-0.25, -0.2) is 0 Å². The minimum absolute atomic E-state index is 0.118. The van der Waals surface area contributed by atoms with Gasteiger partial charge in [0, 0.05) is 13.1 Å². The summed E-state index contributed by atoms with van der Waals surface area (Å²) in [5, 5.41) is 14.2. The smallest absolute Gasteiger partial charge is 0.348 e. The summed E-state index contributed by atoms with van der Waals surface area (Å²) in [4.78, 5) is 1.59. The van der Waals surface area contributed by atoms with Crippen molar-refractivity contribution in [3.8, 4) is 0 Å². The lowest BCUT2D eigenvalue weighted by molar-refractivity contribution is -0.147. The number of hydrogen-bond acceptors (Lipinski definition) is 3. The summed E-state index contributed by atoms with van der Waals surface area (Å²) in [5.74, 6) is -0.583. The average Bonchev–Trinajstić information content (AvgIpc) is 2.70. The second-order valence-electron chi connectivity index (χ2n) is 3.60. The van der Waals surface area contributed by atoms with E-state index in [0.717, 1.165) is 4.57 Å². The molecule has 0 atom stereocenters. The second kappa shape index (κ2) is 3.86. The molecule has 1 aliphatic rings. The molecule has 0 radical (unpaired) electrons. The minimum Gasteiger partial charge on any atom is -0.348 e. The van der Waals surface area contributed by atoms with Crippen LogP contribution in [0.4, 0.5) is 13.2 Å². The molecule has 2 heterocycles. The number of alkyl halides is 3. The Bertz CT molecular complexity index is 462. The van der Waals surface area contributed by atoms with Gasteiger partial charge in [0.15, 0.2) is 5.82 Å². The maximum atomic E-state index is 12.5. The Morgan fingerprint density at radius 2 is 2.06 bits per heavy atom. The Labute approximate surface area is 95.1 Å². The van der Waals surface area contributed by atoms with Crippen molar-refractivity contribution in [2.75, 3.05) is 6.54 Å². The summed E-state index contributed by atoms with van der Waals surface area (Å²) >= 11 is 0. The topological polar surface area (TPSA) is 57.8 Å². The molecule has 0 spiro atoms. The van der Waals surface area contributed by atoms with Crippen LogP contribution in [0.5, 0.6) is 0 Å². The molecule has 0 unspecified atom stereocenters. The Hall–Kier alpha value is -1.86. The predicted octanol–water partition coefficient (Wildman–Crippen LogP) is 1.28. The summed E-state index contributed by atoms with van der Waals surface area (Å²) in [6.07, 6.45) is -3.14. The number of hydrogen-bond donors (Lipinski definition) is 1. The summed E-state index contributed by atoms with van der Waals surface area (Å²) in [6, 6.07) is 0. The molecule has 1 N–H and O–H groups in total. The third-order valence-electron chi connectivity index (χ3n) is 2.54. The van der Waals surface area contributed by atoms with Crippen molar-refractivity contribution in [1.82, 2.24) is 19.7 Å². The van der Waals surface area contributed by atoms with Crippen molar-refractivity contribution in [2.45, 2.75) is 19.3 Å². The molecule has 1 aromatic rings. The zero-order valence-electron chi connectivity index (χ0n) is 8.83. The van der Waals surface area contributed by atoms with Crippen molar-refractivity contribution in [3.63, 3.8) is 0 Å². The van der Waals surface area contributed by atoms with E-state index < -0.39 is 12.0 Å². The zero-order valence-corrected chi connectivity index (χ0v) is 8.83. The summed E-state index contributed by atoms with van der Waals surface area (Å²) in [5.41, 5.74) is 0. The summed E-state index contributed by atoms with van der Waals surface area (Å²) < 4.78 is 38.7. The Kier molecular flexibility index (Phi) is 2.64. The molecule has 2 rings (SSSR count). The van der Waals surface area contributed by atoms with Gasteiger partial charge in [0.2, 0.25) is 5.82 Å². The third-order valence-corrected chi connectivity index (χ3v) is 2.54. The fraction of sp³-hybridized carbons (Fsp3) is 0.444.